The van der Waals surface area contributed by atoms with Crippen molar-refractivity contribution in [1.82, 2.24) is 0 Å². The van der Waals surface area contributed by atoms with E-state index in [1.807, 2.05) is 0 Å². The van der Waals surface area contributed by atoms with E-state index < -0.39 is 22.2 Å². The van der Waals surface area contributed by atoms with Gasteiger partial charge in [-0.3, -0.25) is 14.9 Å². The van der Waals surface area contributed by atoms with Gasteiger partial charge in [0.15, 0.2) is 5.12 Å². The van der Waals surface area contributed by atoms with Crippen molar-refractivity contribution < 1.29 is 18.5 Å². The number of rotatable bonds is 5. The van der Waals surface area contributed by atoms with Gasteiger partial charge in [-0.25, -0.2) is 4.39 Å². The van der Waals surface area contributed by atoms with Crippen LogP contribution in [0.5, 0.6) is 0 Å². The quantitative estimate of drug-likeness (QED) is 0.472. The van der Waals surface area contributed by atoms with Crippen LogP contribution in [-0.4, -0.2) is 15.8 Å². The van der Waals surface area contributed by atoms with Crippen molar-refractivity contribution in [3.63, 3.8) is 0 Å². The van der Waals surface area contributed by atoms with Gasteiger partial charge >= 0.3 is 5.69 Å². The van der Waals surface area contributed by atoms with Crippen molar-refractivity contribution in [2.75, 3.05) is 5.75 Å². The second-order valence-electron chi connectivity index (χ2n) is 3.61. The molecular weight excluding hydrogens is 276 g/mol. The number of hydrogen-bond donors (Lipinski definition) is 0. The lowest BCUT2D eigenvalue weighted by atomic mass is 10.1. The van der Waals surface area contributed by atoms with Crippen LogP contribution in [0.4, 0.5) is 14.5 Å². The average Bonchev–Trinajstić information content (AvgIpc) is 2.31. The van der Waals surface area contributed by atoms with Crippen molar-refractivity contribution in [2.24, 2.45) is 0 Å². The molecule has 1 rings (SSSR count). The molecular formula is C12H11F2NO3S. The molecule has 0 atom stereocenters. The molecule has 7 heteroatoms. The maximum Gasteiger partial charge on any atom is 0.307 e. The fraction of sp³-hybridized carbons (Fsp3) is 0.250. The third-order valence-electron chi connectivity index (χ3n) is 2.15. The Morgan fingerprint density at radius 2 is 2.11 bits per heavy atom. The Hall–Kier alpha value is -1.76. The normalized spacial score (nSPS) is 10.9. The summed E-state index contributed by atoms with van der Waals surface area (Å²) in [6.07, 6.45) is 3.44. The van der Waals surface area contributed by atoms with Gasteiger partial charge in [0, 0.05) is 18.2 Å². The van der Waals surface area contributed by atoms with E-state index in [0.717, 1.165) is 17.8 Å². The zero-order valence-electron chi connectivity index (χ0n) is 10.1. The Kier molecular flexibility index (Phi) is 5.62. The van der Waals surface area contributed by atoms with Crippen LogP contribution in [0.1, 0.15) is 18.9 Å². The Labute approximate surface area is 112 Å². The molecule has 19 heavy (non-hydrogen) atoms. The summed E-state index contributed by atoms with van der Waals surface area (Å²) in [6.45, 7) is 1.44. The summed E-state index contributed by atoms with van der Waals surface area (Å²) in [5, 5.41) is 10.4. The topological polar surface area (TPSA) is 60.2 Å². The Morgan fingerprint density at radius 1 is 1.42 bits per heavy atom. The Balaban J connectivity index is 2.74. The van der Waals surface area contributed by atoms with Gasteiger partial charge in [-0.1, -0.05) is 23.9 Å². The third kappa shape index (κ3) is 4.78. The highest BCUT2D eigenvalue weighted by molar-refractivity contribution is 8.13. The molecule has 0 N–H and O–H groups in total. The lowest BCUT2D eigenvalue weighted by molar-refractivity contribution is -0.387. The molecule has 4 nitrogen and oxygen atoms in total. The molecule has 0 fully saturated rings. The molecule has 0 aliphatic carbocycles. The van der Waals surface area contributed by atoms with E-state index in [0.29, 0.717) is 18.2 Å². The number of nitro groups is 1. The first kappa shape index (κ1) is 15.3. The zero-order valence-corrected chi connectivity index (χ0v) is 10.9. The van der Waals surface area contributed by atoms with E-state index >= 15 is 0 Å². The van der Waals surface area contributed by atoms with Crippen molar-refractivity contribution >= 4 is 28.6 Å². The maximum atomic E-state index is 13.4. The summed E-state index contributed by atoms with van der Waals surface area (Å²) in [5.41, 5.74) is -0.947. The van der Waals surface area contributed by atoms with E-state index in [4.69, 9.17) is 0 Å². The van der Waals surface area contributed by atoms with Gasteiger partial charge in [-0.2, -0.15) is 4.39 Å². The number of nitrogens with zero attached hydrogens (tertiary/aromatic N) is 1. The predicted octanol–water partition coefficient (Wildman–Crippen LogP) is 3.56. The van der Waals surface area contributed by atoms with Gasteiger partial charge in [0.2, 0.25) is 5.82 Å². The van der Waals surface area contributed by atoms with E-state index in [2.05, 4.69) is 0 Å². The van der Waals surface area contributed by atoms with E-state index in [9.17, 15) is 23.7 Å². The molecule has 0 amide bonds. The van der Waals surface area contributed by atoms with Gasteiger partial charge in [0.25, 0.3) is 0 Å². The highest BCUT2D eigenvalue weighted by Crippen LogP contribution is 2.22. The minimum Gasteiger partial charge on any atom is -0.288 e. The number of carbonyl (C=O) groups excluding carboxylic acids is 1. The molecule has 0 heterocycles. The van der Waals surface area contributed by atoms with Crippen LogP contribution in [0.15, 0.2) is 18.2 Å². The van der Waals surface area contributed by atoms with Crippen LogP contribution in [-0.2, 0) is 4.79 Å². The number of allylic oxidation sites excluding steroid dienone is 1. The molecule has 0 bridgehead atoms. The second-order valence-corrected chi connectivity index (χ2v) is 4.89. The lowest BCUT2D eigenvalue weighted by Gasteiger charge is -1.99. The summed E-state index contributed by atoms with van der Waals surface area (Å²) in [7, 11) is 0. The van der Waals surface area contributed by atoms with Gasteiger partial charge in [-0.05, 0) is 12.5 Å². The summed E-state index contributed by atoms with van der Waals surface area (Å²) >= 11 is 1.13. The fourth-order valence-corrected chi connectivity index (χ4v) is 1.84. The first-order valence-corrected chi connectivity index (χ1v) is 6.33. The van der Waals surface area contributed by atoms with E-state index in [1.165, 1.54) is 13.0 Å². The lowest BCUT2D eigenvalue weighted by Crippen LogP contribution is -1.95. The number of carbonyl (C=O) groups is 1. The van der Waals surface area contributed by atoms with E-state index in [1.54, 1.807) is 6.08 Å². The number of halogens is 2. The highest BCUT2D eigenvalue weighted by atomic mass is 32.2. The Bertz CT molecular complexity index is 532. The van der Waals surface area contributed by atoms with Gasteiger partial charge in [0.1, 0.15) is 5.82 Å². The number of hydrogen-bond acceptors (Lipinski definition) is 4. The summed E-state index contributed by atoms with van der Waals surface area (Å²) < 4.78 is 26.7. The van der Waals surface area contributed by atoms with Crippen LogP contribution in [0.25, 0.3) is 6.08 Å². The maximum absolute atomic E-state index is 13.4. The molecule has 0 unspecified atom stereocenters. The number of nitro benzene ring substituents is 1. The second kappa shape index (κ2) is 6.98. The fourth-order valence-electron chi connectivity index (χ4n) is 1.30. The predicted molar refractivity (Wildman–Crippen MR) is 69.8 cm³/mol. The zero-order chi connectivity index (χ0) is 14.4. The molecule has 0 spiro atoms. The molecule has 0 aliphatic heterocycles. The van der Waals surface area contributed by atoms with Crippen LogP contribution >= 0.6 is 11.8 Å². The molecule has 0 saturated carbocycles. The van der Waals surface area contributed by atoms with Crippen molar-refractivity contribution in [2.45, 2.75) is 13.3 Å². The molecule has 0 saturated heterocycles. The van der Waals surface area contributed by atoms with Crippen molar-refractivity contribution in [1.29, 1.82) is 0 Å². The Morgan fingerprint density at radius 3 is 2.68 bits per heavy atom. The molecule has 0 aromatic heterocycles. The van der Waals surface area contributed by atoms with Gasteiger partial charge in [-0.15, -0.1) is 0 Å². The third-order valence-corrected chi connectivity index (χ3v) is 3.00. The van der Waals surface area contributed by atoms with Gasteiger partial charge in [0.05, 0.1) is 11.0 Å². The first-order chi connectivity index (χ1) is 8.91. The first-order valence-electron chi connectivity index (χ1n) is 5.35. The minimum absolute atomic E-state index is 0.0130. The molecule has 1 aromatic carbocycles. The summed E-state index contributed by atoms with van der Waals surface area (Å²) in [4.78, 5) is 20.1. The highest BCUT2D eigenvalue weighted by Gasteiger charge is 2.17. The number of thioether (sulfide) groups is 1. The van der Waals surface area contributed by atoms with Crippen LogP contribution in [0.2, 0.25) is 0 Å². The monoisotopic (exact) mass is 287 g/mol. The molecule has 102 valence electrons. The van der Waals surface area contributed by atoms with E-state index in [-0.39, 0.29) is 10.7 Å². The summed E-state index contributed by atoms with van der Waals surface area (Å²) in [6, 6.07) is 1.33. The standard InChI is InChI=1S/C12H11F2NO3S/c1-8(16)19-5-3-2-4-9-6-11(14)12(15(17)18)7-10(9)13/h2,4,6-7H,3,5H2,1H3. The SMILES string of the molecule is CC(=O)SCCC=Cc1cc(F)c([N+](=O)[O-])cc1F. The molecule has 1 aromatic rings. The van der Waals surface area contributed by atoms with Crippen molar-refractivity contribution in [3.05, 3.63) is 45.5 Å². The largest absolute Gasteiger partial charge is 0.307 e. The molecule has 0 aliphatic rings. The van der Waals surface area contributed by atoms with Crippen LogP contribution in [0.3, 0.4) is 0 Å². The molecule has 0 radical (unpaired) electrons. The smallest absolute Gasteiger partial charge is 0.288 e. The van der Waals surface area contributed by atoms with Crippen LogP contribution < -0.4 is 0 Å². The minimum atomic E-state index is -1.08. The average molecular weight is 287 g/mol. The van der Waals surface area contributed by atoms with Crippen LogP contribution in [0, 0.1) is 21.7 Å². The summed E-state index contributed by atoms with van der Waals surface area (Å²) in [5.74, 6) is -1.39. The van der Waals surface area contributed by atoms with Gasteiger partial charge < -0.3 is 0 Å². The van der Waals surface area contributed by atoms with Crippen molar-refractivity contribution in [3.8, 4) is 0 Å². The number of benzene rings is 1.